The first-order valence-electron chi connectivity index (χ1n) is 8.30. The van der Waals surface area contributed by atoms with Gasteiger partial charge < -0.3 is 20.9 Å². The monoisotopic (exact) mass is 430 g/mol. The number of hydrogen-bond donors (Lipinski definition) is 3. The first-order valence-corrected chi connectivity index (χ1v) is 8.68. The topological polar surface area (TPSA) is 102 Å². The summed E-state index contributed by atoms with van der Waals surface area (Å²) in [6, 6.07) is 7.03. The highest BCUT2D eigenvalue weighted by molar-refractivity contribution is 6.32. The standard InChI is InChI=1S/C19H18ClF3N2O4/c1-29-15-7-2-10(8-13(15)20)9-14(17(24)27)25-18(28)16(26)11-3-5-12(6-4-11)19(21,22)23/h2-8,14,16,26H,9H2,1H3,(H2,24,27)(H,25,28)/t14-,16+/m1/s1. The molecule has 0 aliphatic rings. The van der Waals surface area contributed by atoms with E-state index in [1.165, 1.54) is 13.2 Å². The van der Waals surface area contributed by atoms with Gasteiger partial charge in [-0.3, -0.25) is 9.59 Å². The number of carbonyl (C=O) groups excluding carboxylic acids is 2. The van der Waals surface area contributed by atoms with E-state index in [1.807, 2.05) is 0 Å². The molecule has 2 rings (SSSR count). The van der Waals surface area contributed by atoms with Gasteiger partial charge in [-0.15, -0.1) is 0 Å². The van der Waals surface area contributed by atoms with Gasteiger partial charge in [0, 0.05) is 6.42 Å². The van der Waals surface area contributed by atoms with Crippen LogP contribution in [-0.2, 0) is 22.2 Å². The van der Waals surface area contributed by atoms with E-state index in [9.17, 15) is 27.9 Å². The molecule has 0 aliphatic carbocycles. The first kappa shape index (κ1) is 22.5. The lowest BCUT2D eigenvalue weighted by Crippen LogP contribution is -2.47. The number of aliphatic hydroxyl groups is 1. The van der Waals surface area contributed by atoms with Crippen LogP contribution in [0.1, 0.15) is 22.8 Å². The molecule has 2 atom stereocenters. The summed E-state index contributed by atoms with van der Waals surface area (Å²) in [5.41, 5.74) is 4.91. The molecule has 10 heteroatoms. The first-order chi connectivity index (χ1) is 13.5. The number of nitrogens with two attached hydrogens (primary N) is 1. The summed E-state index contributed by atoms with van der Waals surface area (Å²) >= 11 is 6.02. The zero-order valence-corrected chi connectivity index (χ0v) is 15.9. The average Bonchev–Trinajstić information content (AvgIpc) is 2.66. The summed E-state index contributed by atoms with van der Waals surface area (Å²) < 4.78 is 42.9. The van der Waals surface area contributed by atoms with Gasteiger partial charge in [0.25, 0.3) is 5.91 Å². The van der Waals surface area contributed by atoms with Gasteiger partial charge in [-0.05, 0) is 35.4 Å². The van der Waals surface area contributed by atoms with Gasteiger partial charge in [0.2, 0.25) is 5.91 Å². The maximum Gasteiger partial charge on any atom is 0.416 e. The van der Waals surface area contributed by atoms with Crippen LogP contribution in [0.25, 0.3) is 0 Å². The third kappa shape index (κ3) is 5.85. The van der Waals surface area contributed by atoms with E-state index in [1.54, 1.807) is 12.1 Å². The van der Waals surface area contributed by atoms with Crippen molar-refractivity contribution < 1.29 is 32.6 Å². The number of carbonyl (C=O) groups is 2. The molecule has 6 nitrogen and oxygen atoms in total. The minimum Gasteiger partial charge on any atom is -0.495 e. The highest BCUT2D eigenvalue weighted by Gasteiger charge is 2.31. The zero-order valence-electron chi connectivity index (χ0n) is 15.2. The lowest BCUT2D eigenvalue weighted by Gasteiger charge is -2.19. The Hall–Kier alpha value is -2.78. The van der Waals surface area contributed by atoms with Gasteiger partial charge in [-0.2, -0.15) is 13.2 Å². The third-order valence-electron chi connectivity index (χ3n) is 4.12. The van der Waals surface area contributed by atoms with Crippen molar-refractivity contribution in [3.63, 3.8) is 0 Å². The second-order valence-corrected chi connectivity index (χ2v) is 6.57. The second kappa shape index (κ2) is 9.15. The Morgan fingerprint density at radius 1 is 1.21 bits per heavy atom. The van der Waals surface area contributed by atoms with E-state index in [2.05, 4.69) is 5.32 Å². The molecule has 2 amide bonds. The molecule has 2 aromatic rings. The van der Waals surface area contributed by atoms with Crippen molar-refractivity contribution >= 4 is 23.4 Å². The smallest absolute Gasteiger partial charge is 0.416 e. The summed E-state index contributed by atoms with van der Waals surface area (Å²) in [6.07, 6.45) is -6.33. The molecule has 0 saturated heterocycles. The molecule has 4 N–H and O–H groups in total. The summed E-state index contributed by atoms with van der Waals surface area (Å²) in [7, 11) is 1.44. The number of primary amides is 1. The fraction of sp³-hybridized carbons (Fsp3) is 0.263. The molecule has 0 bridgehead atoms. The number of hydrogen-bond acceptors (Lipinski definition) is 4. The van der Waals surface area contributed by atoms with Gasteiger partial charge in [0.15, 0.2) is 6.10 Å². The van der Waals surface area contributed by atoms with Crippen molar-refractivity contribution in [2.24, 2.45) is 5.73 Å². The van der Waals surface area contributed by atoms with E-state index in [4.69, 9.17) is 22.1 Å². The number of ether oxygens (including phenoxy) is 1. The van der Waals surface area contributed by atoms with Crippen molar-refractivity contribution in [1.29, 1.82) is 0 Å². The molecule has 156 valence electrons. The molecule has 0 unspecified atom stereocenters. The Labute approximate surface area is 169 Å². The SMILES string of the molecule is COc1ccc(C[C@@H](NC(=O)[C@@H](O)c2ccc(C(F)(F)F)cc2)C(N)=O)cc1Cl. The Morgan fingerprint density at radius 3 is 2.31 bits per heavy atom. The Bertz CT molecular complexity index is 888. The lowest BCUT2D eigenvalue weighted by atomic mass is 10.0. The van der Waals surface area contributed by atoms with Crippen molar-refractivity contribution in [1.82, 2.24) is 5.32 Å². The Kier molecular flexibility index (Phi) is 7.10. The zero-order chi connectivity index (χ0) is 21.8. The summed E-state index contributed by atoms with van der Waals surface area (Å²) in [5.74, 6) is -1.41. The van der Waals surface area contributed by atoms with Crippen molar-refractivity contribution in [3.05, 3.63) is 64.2 Å². The molecular weight excluding hydrogens is 413 g/mol. The molecular formula is C19H18ClF3N2O4. The fourth-order valence-corrected chi connectivity index (χ4v) is 2.83. The van der Waals surface area contributed by atoms with Gasteiger partial charge in [-0.1, -0.05) is 29.8 Å². The van der Waals surface area contributed by atoms with E-state index in [0.717, 1.165) is 24.3 Å². The predicted molar refractivity (Wildman–Crippen MR) is 99.2 cm³/mol. The van der Waals surface area contributed by atoms with E-state index in [-0.39, 0.29) is 12.0 Å². The summed E-state index contributed by atoms with van der Waals surface area (Å²) in [5, 5.41) is 12.7. The molecule has 29 heavy (non-hydrogen) atoms. The van der Waals surface area contributed by atoms with Gasteiger partial charge in [0.05, 0.1) is 17.7 Å². The van der Waals surface area contributed by atoms with Crippen LogP contribution < -0.4 is 15.8 Å². The minimum atomic E-state index is -4.54. The van der Waals surface area contributed by atoms with Gasteiger partial charge in [0.1, 0.15) is 11.8 Å². The van der Waals surface area contributed by atoms with Crippen LogP contribution in [0.2, 0.25) is 5.02 Å². The Balaban J connectivity index is 2.10. The number of halogens is 4. The summed E-state index contributed by atoms with van der Waals surface area (Å²) in [4.78, 5) is 24.0. The predicted octanol–water partition coefficient (Wildman–Crippen LogP) is 2.61. The van der Waals surface area contributed by atoms with Crippen LogP contribution in [0.4, 0.5) is 13.2 Å². The van der Waals surface area contributed by atoms with Crippen LogP contribution in [0.5, 0.6) is 5.75 Å². The summed E-state index contributed by atoms with van der Waals surface area (Å²) in [6.45, 7) is 0. The molecule has 0 fully saturated rings. The van der Waals surface area contributed by atoms with Crippen LogP contribution >= 0.6 is 11.6 Å². The quantitative estimate of drug-likeness (QED) is 0.628. The fourth-order valence-electron chi connectivity index (χ4n) is 2.55. The van der Waals surface area contributed by atoms with Crippen molar-refractivity contribution in [2.75, 3.05) is 7.11 Å². The Morgan fingerprint density at radius 2 is 1.83 bits per heavy atom. The van der Waals surface area contributed by atoms with Crippen molar-refractivity contribution in [2.45, 2.75) is 24.7 Å². The maximum absolute atomic E-state index is 12.6. The van der Waals surface area contributed by atoms with Crippen LogP contribution in [0, 0.1) is 0 Å². The van der Waals surface area contributed by atoms with Crippen LogP contribution in [0.15, 0.2) is 42.5 Å². The number of methoxy groups -OCH3 is 1. The van der Waals surface area contributed by atoms with Gasteiger partial charge >= 0.3 is 6.18 Å². The number of rotatable bonds is 7. The lowest BCUT2D eigenvalue weighted by molar-refractivity contribution is -0.137. The van der Waals surface area contributed by atoms with E-state index < -0.39 is 35.7 Å². The molecule has 0 heterocycles. The highest BCUT2D eigenvalue weighted by atomic mass is 35.5. The molecule has 0 radical (unpaired) electrons. The largest absolute Gasteiger partial charge is 0.495 e. The number of benzene rings is 2. The normalized spacial score (nSPS) is 13.4. The number of alkyl halides is 3. The number of amides is 2. The molecule has 0 saturated carbocycles. The number of aliphatic hydroxyl groups excluding tert-OH is 1. The van der Waals surface area contributed by atoms with E-state index >= 15 is 0 Å². The second-order valence-electron chi connectivity index (χ2n) is 6.16. The van der Waals surface area contributed by atoms with Gasteiger partial charge in [-0.25, -0.2) is 0 Å². The third-order valence-corrected chi connectivity index (χ3v) is 4.41. The average molecular weight is 431 g/mol. The van der Waals surface area contributed by atoms with Crippen LogP contribution in [-0.4, -0.2) is 30.1 Å². The van der Waals surface area contributed by atoms with Crippen molar-refractivity contribution in [3.8, 4) is 5.75 Å². The highest BCUT2D eigenvalue weighted by Crippen LogP contribution is 2.30. The molecule has 0 spiro atoms. The minimum absolute atomic E-state index is 0.00941. The maximum atomic E-state index is 12.6. The van der Waals surface area contributed by atoms with Crippen LogP contribution in [0.3, 0.4) is 0 Å². The molecule has 0 aliphatic heterocycles. The van der Waals surface area contributed by atoms with E-state index in [0.29, 0.717) is 16.3 Å². The molecule has 2 aromatic carbocycles. The number of nitrogens with one attached hydrogen (secondary N) is 1. The molecule has 0 aromatic heterocycles.